The van der Waals surface area contributed by atoms with Gasteiger partial charge in [-0.15, -0.1) is 11.3 Å². The Bertz CT molecular complexity index is 485. The van der Waals surface area contributed by atoms with E-state index in [4.69, 9.17) is 4.74 Å². The number of rotatable bonds is 4. The first kappa shape index (κ1) is 12.0. The van der Waals surface area contributed by atoms with Crippen LogP contribution in [0.4, 0.5) is 4.39 Å². The van der Waals surface area contributed by atoms with Crippen LogP contribution in [0.3, 0.4) is 0 Å². The lowest BCUT2D eigenvalue weighted by atomic mass is 10.1. The maximum absolute atomic E-state index is 13.0. The number of hydrogen-bond acceptors (Lipinski definition) is 4. The summed E-state index contributed by atoms with van der Waals surface area (Å²) in [5, 5.41) is 12.2. The molecule has 90 valence electrons. The summed E-state index contributed by atoms with van der Waals surface area (Å²) >= 11 is 1.49. The molecular formula is C12H12FNO2S. The van der Waals surface area contributed by atoms with Gasteiger partial charge in [0.15, 0.2) is 0 Å². The lowest BCUT2D eigenvalue weighted by molar-refractivity contribution is 0.189. The minimum absolute atomic E-state index is 0.322. The molecule has 17 heavy (non-hydrogen) atoms. The molecule has 0 spiro atoms. The SMILES string of the molecule is C[C@@H](O)c1cc(F)ccc1OCc1nccs1. The average Bonchev–Trinajstić information content (AvgIpc) is 2.80. The molecule has 1 heterocycles. The highest BCUT2D eigenvalue weighted by molar-refractivity contribution is 7.09. The normalized spacial score (nSPS) is 12.4. The molecule has 0 amide bonds. The number of ether oxygens (including phenoxy) is 1. The standard InChI is InChI=1S/C12H12FNO2S/c1-8(15)10-6-9(13)2-3-11(10)16-7-12-14-4-5-17-12/h2-6,8,15H,7H2,1H3/t8-/m1/s1. The molecule has 0 aliphatic rings. The van der Waals surface area contributed by atoms with Crippen LogP contribution in [-0.4, -0.2) is 10.1 Å². The number of nitrogens with zero attached hydrogens (tertiary/aromatic N) is 1. The highest BCUT2D eigenvalue weighted by Gasteiger charge is 2.11. The van der Waals surface area contributed by atoms with E-state index < -0.39 is 6.10 Å². The van der Waals surface area contributed by atoms with Crippen molar-refractivity contribution in [1.29, 1.82) is 0 Å². The van der Waals surface area contributed by atoms with Crippen LogP contribution in [-0.2, 0) is 6.61 Å². The molecule has 3 nitrogen and oxygen atoms in total. The Labute approximate surface area is 103 Å². The highest BCUT2D eigenvalue weighted by atomic mass is 32.1. The molecule has 2 aromatic rings. The minimum Gasteiger partial charge on any atom is -0.486 e. The van der Waals surface area contributed by atoms with E-state index in [1.54, 1.807) is 13.1 Å². The van der Waals surface area contributed by atoms with Gasteiger partial charge in [0.25, 0.3) is 0 Å². The van der Waals surface area contributed by atoms with Gasteiger partial charge in [-0.2, -0.15) is 0 Å². The van der Waals surface area contributed by atoms with Gasteiger partial charge in [0.1, 0.15) is 23.2 Å². The summed E-state index contributed by atoms with van der Waals surface area (Å²) < 4.78 is 18.6. The Morgan fingerprint density at radius 3 is 3.00 bits per heavy atom. The van der Waals surface area contributed by atoms with Gasteiger partial charge in [-0.1, -0.05) is 0 Å². The van der Waals surface area contributed by atoms with Crippen LogP contribution in [0.2, 0.25) is 0 Å². The van der Waals surface area contributed by atoms with Crippen molar-refractivity contribution in [2.24, 2.45) is 0 Å². The van der Waals surface area contributed by atoms with Crippen LogP contribution in [0.25, 0.3) is 0 Å². The van der Waals surface area contributed by atoms with Crippen molar-refractivity contribution in [2.75, 3.05) is 0 Å². The van der Waals surface area contributed by atoms with E-state index in [-0.39, 0.29) is 5.82 Å². The van der Waals surface area contributed by atoms with Crippen molar-refractivity contribution in [3.8, 4) is 5.75 Å². The van der Waals surface area contributed by atoms with E-state index in [0.717, 1.165) is 5.01 Å². The maximum Gasteiger partial charge on any atom is 0.140 e. The first-order valence-corrected chi connectivity index (χ1v) is 6.03. The highest BCUT2D eigenvalue weighted by Crippen LogP contribution is 2.26. The molecule has 0 aliphatic carbocycles. The Hall–Kier alpha value is -1.46. The van der Waals surface area contributed by atoms with Crippen LogP contribution in [0.5, 0.6) is 5.75 Å². The molecule has 5 heteroatoms. The third-order valence-electron chi connectivity index (χ3n) is 2.26. The zero-order valence-electron chi connectivity index (χ0n) is 9.26. The molecule has 0 radical (unpaired) electrons. The molecule has 1 aromatic heterocycles. The predicted octanol–water partition coefficient (Wildman–Crippen LogP) is 2.91. The van der Waals surface area contributed by atoms with E-state index in [0.29, 0.717) is 17.9 Å². The van der Waals surface area contributed by atoms with Gasteiger partial charge >= 0.3 is 0 Å². The average molecular weight is 253 g/mol. The molecule has 2 rings (SSSR count). The van der Waals surface area contributed by atoms with Crippen LogP contribution in [0.1, 0.15) is 23.6 Å². The van der Waals surface area contributed by atoms with Gasteiger partial charge in [-0.25, -0.2) is 9.37 Å². The Morgan fingerprint density at radius 2 is 2.35 bits per heavy atom. The summed E-state index contributed by atoms with van der Waals surface area (Å²) in [4.78, 5) is 4.08. The van der Waals surface area contributed by atoms with Crippen molar-refractivity contribution in [1.82, 2.24) is 4.98 Å². The fraction of sp³-hybridized carbons (Fsp3) is 0.250. The third kappa shape index (κ3) is 3.01. The summed E-state index contributed by atoms with van der Waals surface area (Å²) in [5.74, 6) is 0.0964. The number of halogens is 1. The summed E-state index contributed by atoms with van der Waals surface area (Å²) in [5.41, 5.74) is 0.446. The Balaban J connectivity index is 2.14. The number of aromatic nitrogens is 1. The first-order valence-electron chi connectivity index (χ1n) is 5.15. The molecule has 0 saturated heterocycles. The van der Waals surface area contributed by atoms with Gasteiger partial charge in [0, 0.05) is 17.1 Å². The Morgan fingerprint density at radius 1 is 1.53 bits per heavy atom. The van der Waals surface area contributed by atoms with Gasteiger partial charge in [-0.05, 0) is 25.1 Å². The largest absolute Gasteiger partial charge is 0.486 e. The number of aliphatic hydroxyl groups is 1. The molecule has 0 saturated carbocycles. The fourth-order valence-corrected chi connectivity index (χ4v) is 1.97. The topological polar surface area (TPSA) is 42.4 Å². The van der Waals surface area contributed by atoms with E-state index in [1.165, 1.54) is 29.5 Å². The molecule has 1 aromatic carbocycles. The third-order valence-corrected chi connectivity index (χ3v) is 3.01. The van der Waals surface area contributed by atoms with Crippen LogP contribution >= 0.6 is 11.3 Å². The number of aliphatic hydroxyl groups excluding tert-OH is 1. The summed E-state index contributed by atoms with van der Waals surface area (Å²) in [6.07, 6.45) is 0.931. The molecule has 1 atom stereocenters. The molecule has 0 aliphatic heterocycles. The van der Waals surface area contributed by atoms with Crippen molar-refractivity contribution in [2.45, 2.75) is 19.6 Å². The molecule has 0 fully saturated rings. The molecular weight excluding hydrogens is 241 g/mol. The monoisotopic (exact) mass is 253 g/mol. The summed E-state index contributed by atoms with van der Waals surface area (Å²) in [6.45, 7) is 1.90. The number of hydrogen-bond donors (Lipinski definition) is 1. The second kappa shape index (κ2) is 5.25. The van der Waals surface area contributed by atoms with Crippen LogP contribution in [0, 0.1) is 5.82 Å². The molecule has 1 N–H and O–H groups in total. The second-order valence-corrected chi connectivity index (χ2v) is 4.55. The summed E-state index contributed by atoms with van der Waals surface area (Å²) in [6, 6.07) is 4.11. The van der Waals surface area contributed by atoms with Crippen LogP contribution < -0.4 is 4.74 Å². The lowest BCUT2D eigenvalue weighted by Crippen LogP contribution is -2.01. The minimum atomic E-state index is -0.767. The number of thiazole rings is 1. The van der Waals surface area contributed by atoms with Gasteiger partial charge in [-0.3, -0.25) is 0 Å². The van der Waals surface area contributed by atoms with Crippen LogP contribution in [0.15, 0.2) is 29.8 Å². The van der Waals surface area contributed by atoms with E-state index in [1.807, 2.05) is 5.38 Å². The fourth-order valence-electron chi connectivity index (χ4n) is 1.44. The van der Waals surface area contributed by atoms with E-state index >= 15 is 0 Å². The lowest BCUT2D eigenvalue weighted by Gasteiger charge is -2.12. The van der Waals surface area contributed by atoms with Gasteiger partial charge in [0.2, 0.25) is 0 Å². The number of benzene rings is 1. The quantitative estimate of drug-likeness (QED) is 0.911. The first-order chi connectivity index (χ1) is 8.16. The maximum atomic E-state index is 13.0. The second-order valence-electron chi connectivity index (χ2n) is 3.57. The van der Waals surface area contributed by atoms with Crippen molar-refractivity contribution >= 4 is 11.3 Å². The van der Waals surface area contributed by atoms with Crippen molar-refractivity contribution in [3.05, 3.63) is 46.2 Å². The van der Waals surface area contributed by atoms with Crippen molar-refractivity contribution in [3.63, 3.8) is 0 Å². The van der Waals surface area contributed by atoms with E-state index in [2.05, 4.69) is 4.98 Å². The predicted molar refractivity (Wildman–Crippen MR) is 63.5 cm³/mol. The smallest absolute Gasteiger partial charge is 0.140 e. The van der Waals surface area contributed by atoms with Gasteiger partial charge < -0.3 is 9.84 Å². The molecule has 0 unspecified atom stereocenters. The zero-order valence-corrected chi connectivity index (χ0v) is 10.1. The summed E-state index contributed by atoms with van der Waals surface area (Å²) in [7, 11) is 0. The van der Waals surface area contributed by atoms with Crippen molar-refractivity contribution < 1.29 is 14.2 Å². The zero-order chi connectivity index (χ0) is 12.3. The Kier molecular flexibility index (Phi) is 3.71. The van der Waals surface area contributed by atoms with E-state index in [9.17, 15) is 9.50 Å². The van der Waals surface area contributed by atoms with Gasteiger partial charge in [0.05, 0.1) is 6.10 Å². The molecule has 0 bridgehead atoms.